The van der Waals surface area contributed by atoms with Crippen molar-refractivity contribution in [3.05, 3.63) is 62.6 Å². The van der Waals surface area contributed by atoms with Crippen molar-refractivity contribution in [1.82, 2.24) is 0 Å². The van der Waals surface area contributed by atoms with Crippen molar-refractivity contribution in [3.63, 3.8) is 0 Å². The Labute approximate surface area is 179 Å². The number of thiophene rings is 1. The second kappa shape index (κ2) is 9.41. The summed E-state index contributed by atoms with van der Waals surface area (Å²) in [5, 5.41) is 19.4. The Hall–Kier alpha value is -1.69. The fourth-order valence-electron chi connectivity index (χ4n) is 4.26. The first kappa shape index (κ1) is 22.0. The minimum absolute atomic E-state index is 0.0204. The largest absolute Gasteiger partial charge is 0.477 e. The zero-order valence-corrected chi connectivity index (χ0v) is 18.1. The van der Waals surface area contributed by atoms with Gasteiger partial charge in [-0.15, -0.1) is 22.9 Å². The molecule has 1 aromatic heterocycles. The first-order chi connectivity index (χ1) is 13.7. The van der Waals surface area contributed by atoms with E-state index in [2.05, 4.69) is 44.2 Å². The van der Waals surface area contributed by atoms with E-state index in [1.165, 1.54) is 17.2 Å². The maximum absolute atomic E-state index is 13.6. The van der Waals surface area contributed by atoms with Crippen LogP contribution in [0.1, 0.15) is 50.5 Å². The lowest BCUT2D eigenvalue weighted by Crippen LogP contribution is -2.18. The molecule has 1 aliphatic carbocycles. The molecule has 1 fully saturated rings. The summed E-state index contributed by atoms with van der Waals surface area (Å²) in [6.45, 7) is 4.13. The third-order valence-corrected chi connectivity index (χ3v) is 7.18. The summed E-state index contributed by atoms with van der Waals surface area (Å²) in [7, 11) is 0. The molecule has 6 heteroatoms. The predicted octanol–water partition coefficient (Wildman–Crippen LogP) is 5.84. The summed E-state index contributed by atoms with van der Waals surface area (Å²) >= 11 is 7.52. The average molecular weight is 437 g/mol. The monoisotopic (exact) mass is 436 g/mol. The van der Waals surface area contributed by atoms with Crippen molar-refractivity contribution < 1.29 is 19.4 Å². The van der Waals surface area contributed by atoms with Crippen molar-refractivity contribution in [2.24, 2.45) is 11.8 Å². The Morgan fingerprint density at radius 2 is 1.97 bits per heavy atom. The smallest absolute Gasteiger partial charge is 0.348 e. The number of carboxylic acids is 1. The van der Waals surface area contributed by atoms with Gasteiger partial charge in [0.25, 0.3) is 0 Å². The predicted molar refractivity (Wildman–Crippen MR) is 116 cm³/mol. The van der Waals surface area contributed by atoms with Crippen molar-refractivity contribution in [2.75, 3.05) is 0 Å². The number of benzene rings is 1. The molecule has 0 bridgehead atoms. The Bertz CT molecular complexity index is 887. The highest BCUT2D eigenvalue weighted by Gasteiger charge is 2.39. The highest BCUT2D eigenvalue weighted by atomic mass is 35.5. The summed E-state index contributed by atoms with van der Waals surface area (Å²) in [6.07, 6.45) is 6.40. The van der Waals surface area contributed by atoms with Gasteiger partial charge in [-0.25, -0.2) is 9.18 Å². The van der Waals surface area contributed by atoms with Crippen molar-refractivity contribution in [2.45, 2.75) is 51.0 Å². The summed E-state index contributed by atoms with van der Waals surface area (Å²) in [5.74, 6) is -1.78. The van der Waals surface area contributed by atoms with Gasteiger partial charge >= 0.3 is 5.97 Å². The Kier molecular flexibility index (Phi) is 7.14. The van der Waals surface area contributed by atoms with Gasteiger partial charge in [0.1, 0.15) is 10.7 Å². The van der Waals surface area contributed by atoms with Crippen LogP contribution in [0.3, 0.4) is 0 Å². The van der Waals surface area contributed by atoms with Gasteiger partial charge in [0.2, 0.25) is 0 Å². The number of alkyl halides is 1. The van der Waals surface area contributed by atoms with Gasteiger partial charge in [-0.1, -0.05) is 41.5 Å². The first-order valence-corrected chi connectivity index (χ1v) is 11.1. The van der Waals surface area contributed by atoms with Crippen molar-refractivity contribution in [1.29, 1.82) is 0 Å². The molecule has 1 aromatic carbocycles. The maximum Gasteiger partial charge on any atom is 0.348 e. The van der Waals surface area contributed by atoms with Crippen LogP contribution in [0, 0.1) is 31.5 Å². The molecule has 0 aliphatic heterocycles. The van der Waals surface area contributed by atoms with Crippen LogP contribution < -0.4 is 0 Å². The van der Waals surface area contributed by atoms with Crippen LogP contribution in [-0.2, 0) is 6.42 Å². The number of halogens is 2. The quantitative estimate of drug-likeness (QED) is 0.536. The van der Waals surface area contributed by atoms with E-state index in [0.29, 0.717) is 12.8 Å². The second-order valence-electron chi connectivity index (χ2n) is 7.93. The molecular formula is C23H26ClFO3S. The van der Waals surface area contributed by atoms with Gasteiger partial charge in [0.15, 0.2) is 0 Å². The molecule has 0 saturated heterocycles. The lowest BCUT2D eigenvalue weighted by molar-refractivity contribution is 0.0697. The van der Waals surface area contributed by atoms with Gasteiger partial charge < -0.3 is 10.2 Å². The summed E-state index contributed by atoms with van der Waals surface area (Å²) in [5.41, 5.74) is 3.52. The van der Waals surface area contributed by atoms with Gasteiger partial charge in [0.05, 0.1) is 6.10 Å². The lowest BCUT2D eigenvalue weighted by atomic mass is 9.89. The minimum atomic E-state index is -1.23. The molecule has 1 saturated carbocycles. The van der Waals surface area contributed by atoms with E-state index in [1.807, 2.05) is 0 Å². The van der Waals surface area contributed by atoms with Crippen LogP contribution in [0.5, 0.6) is 0 Å². The van der Waals surface area contributed by atoms with E-state index < -0.39 is 17.9 Å². The molecule has 3 nitrogen and oxygen atoms in total. The highest BCUT2D eigenvalue weighted by molar-refractivity contribution is 7.13. The molecule has 156 valence electrons. The van der Waals surface area contributed by atoms with Gasteiger partial charge in [0, 0.05) is 16.2 Å². The topological polar surface area (TPSA) is 57.5 Å². The van der Waals surface area contributed by atoms with Crippen LogP contribution >= 0.6 is 22.9 Å². The number of aliphatic hydroxyl groups is 1. The molecule has 1 aliphatic rings. The van der Waals surface area contributed by atoms with E-state index in [4.69, 9.17) is 16.7 Å². The van der Waals surface area contributed by atoms with Crippen LogP contribution in [0.4, 0.5) is 4.39 Å². The third kappa shape index (κ3) is 5.47. The average Bonchev–Trinajstić information content (AvgIpc) is 3.12. The third-order valence-electron chi connectivity index (χ3n) is 5.52. The molecule has 0 spiro atoms. The standard InChI is InChI=1S/C23H26ClFO3S/c1-13-8-14(2)10-15(9-13)6-7-18-17(19(24)12-21(18)26)5-3-4-16-11-20(25)22(29-16)23(27)28/h6-11,17-19,21,26H,3-5,12H2,1-2H3,(H,27,28)/b7-6+/t17-,18-,19-,21-/m1/s1. The molecule has 2 N–H and O–H groups in total. The molecule has 0 unspecified atom stereocenters. The van der Waals surface area contributed by atoms with E-state index in [-0.39, 0.29) is 22.1 Å². The number of carbonyl (C=O) groups is 1. The van der Waals surface area contributed by atoms with Gasteiger partial charge in [-0.2, -0.15) is 0 Å². The van der Waals surface area contributed by atoms with Crippen LogP contribution in [0.15, 0.2) is 30.3 Å². The maximum atomic E-state index is 13.6. The second-order valence-corrected chi connectivity index (χ2v) is 9.62. The molecule has 3 rings (SSSR count). The van der Waals surface area contributed by atoms with Crippen LogP contribution in [0.25, 0.3) is 6.08 Å². The fraction of sp³-hybridized carbons (Fsp3) is 0.435. The summed E-state index contributed by atoms with van der Waals surface area (Å²) < 4.78 is 13.6. The number of carboxylic acid groups (broad SMARTS) is 1. The molecule has 29 heavy (non-hydrogen) atoms. The molecule has 1 heterocycles. The highest BCUT2D eigenvalue weighted by Crippen LogP contribution is 2.40. The fourth-order valence-corrected chi connectivity index (χ4v) is 5.65. The molecular weight excluding hydrogens is 411 g/mol. The molecule has 2 aromatic rings. The first-order valence-electron chi connectivity index (χ1n) is 9.84. The number of hydrogen-bond acceptors (Lipinski definition) is 3. The Morgan fingerprint density at radius 3 is 2.59 bits per heavy atom. The van der Waals surface area contributed by atoms with E-state index in [0.717, 1.165) is 34.6 Å². The normalized spacial score (nSPS) is 24.4. The Balaban J connectivity index is 1.64. The number of hydrogen-bond donors (Lipinski definition) is 2. The number of aryl methyl sites for hydroxylation is 3. The SMILES string of the molecule is Cc1cc(C)cc(/C=C/[C@@H]2[C@@H](CCCc3cc(F)c(C(=O)O)s3)[C@H](Cl)C[C@H]2O)c1. The molecule has 0 radical (unpaired) electrons. The lowest BCUT2D eigenvalue weighted by Gasteiger charge is -2.20. The van der Waals surface area contributed by atoms with Crippen LogP contribution in [0.2, 0.25) is 0 Å². The number of aliphatic hydroxyl groups excluding tert-OH is 1. The Morgan fingerprint density at radius 1 is 1.28 bits per heavy atom. The molecule has 4 atom stereocenters. The summed E-state index contributed by atoms with van der Waals surface area (Å²) in [4.78, 5) is 11.5. The number of rotatable bonds is 7. The van der Waals surface area contributed by atoms with E-state index >= 15 is 0 Å². The minimum Gasteiger partial charge on any atom is -0.477 e. The number of aromatic carboxylic acids is 1. The van der Waals surface area contributed by atoms with Gasteiger partial charge in [-0.3, -0.25) is 0 Å². The van der Waals surface area contributed by atoms with Crippen molar-refractivity contribution >= 4 is 35.0 Å². The molecule has 0 amide bonds. The van der Waals surface area contributed by atoms with E-state index in [9.17, 15) is 14.3 Å². The van der Waals surface area contributed by atoms with E-state index in [1.54, 1.807) is 0 Å². The van der Waals surface area contributed by atoms with Gasteiger partial charge in [-0.05, 0) is 57.1 Å². The van der Waals surface area contributed by atoms with Crippen molar-refractivity contribution in [3.8, 4) is 0 Å². The zero-order valence-electron chi connectivity index (χ0n) is 16.6. The zero-order chi connectivity index (χ0) is 21.1. The van der Waals surface area contributed by atoms with Crippen LogP contribution in [-0.4, -0.2) is 27.7 Å². The summed E-state index contributed by atoms with van der Waals surface area (Å²) in [6, 6.07) is 7.67.